The zero-order chi connectivity index (χ0) is 16.3. The van der Waals surface area contributed by atoms with Gasteiger partial charge in [0, 0.05) is 36.7 Å². The third kappa shape index (κ3) is 6.93. The van der Waals surface area contributed by atoms with E-state index in [-0.39, 0.29) is 24.0 Å². The van der Waals surface area contributed by atoms with Crippen molar-refractivity contribution in [3.63, 3.8) is 0 Å². The highest BCUT2D eigenvalue weighted by molar-refractivity contribution is 14.0. The molecule has 1 heterocycles. The minimum Gasteiger partial charge on any atom is -0.361 e. The molecule has 0 aliphatic rings. The summed E-state index contributed by atoms with van der Waals surface area (Å²) in [6, 6.07) is 8.44. The van der Waals surface area contributed by atoms with Crippen LogP contribution in [0.25, 0.3) is 10.9 Å². The number of H-pyrrole nitrogens is 1. The van der Waals surface area contributed by atoms with Crippen LogP contribution in [0.1, 0.15) is 25.3 Å². The lowest BCUT2D eigenvalue weighted by molar-refractivity contribution is 0.771. The standard InChI is InChI=1S/C18H28N4S.HI/c1-3-19-18(20-11-6-7-13-23-2)21-12-10-15-14-22-17-9-5-4-8-16(15)17;/h4-5,8-9,14,22H,3,6-7,10-13H2,1-2H3,(H2,19,20,21);1H. The van der Waals surface area contributed by atoms with Crippen LogP contribution in [-0.2, 0) is 6.42 Å². The molecule has 0 bridgehead atoms. The summed E-state index contributed by atoms with van der Waals surface area (Å²) in [6.45, 7) is 4.77. The van der Waals surface area contributed by atoms with Crippen molar-refractivity contribution in [3.05, 3.63) is 36.0 Å². The molecular formula is C18H29IN4S. The van der Waals surface area contributed by atoms with Crippen LogP contribution in [0.2, 0.25) is 0 Å². The fraction of sp³-hybridized carbons (Fsp3) is 0.500. The first kappa shape index (κ1) is 21.2. The lowest BCUT2D eigenvalue weighted by atomic mass is 10.1. The molecule has 0 saturated heterocycles. The summed E-state index contributed by atoms with van der Waals surface area (Å²) in [6.07, 6.45) is 7.64. The number of nitrogens with zero attached hydrogens (tertiary/aromatic N) is 1. The first-order valence-corrected chi connectivity index (χ1v) is 9.80. The second-order valence-electron chi connectivity index (χ2n) is 5.50. The molecule has 2 rings (SSSR count). The first-order chi connectivity index (χ1) is 11.3. The minimum atomic E-state index is 0. The molecule has 6 heteroatoms. The Bertz CT molecular complexity index is 612. The van der Waals surface area contributed by atoms with Crippen LogP contribution >= 0.6 is 35.7 Å². The summed E-state index contributed by atoms with van der Waals surface area (Å²) in [7, 11) is 0. The Balaban J connectivity index is 0.00000288. The number of hydrogen-bond acceptors (Lipinski definition) is 2. The lowest BCUT2D eigenvalue weighted by Gasteiger charge is -2.11. The number of benzene rings is 1. The molecular weight excluding hydrogens is 431 g/mol. The predicted octanol–water partition coefficient (Wildman–Crippen LogP) is 4.03. The number of aromatic amines is 1. The fourth-order valence-corrected chi connectivity index (χ4v) is 3.04. The van der Waals surface area contributed by atoms with E-state index in [0.29, 0.717) is 0 Å². The maximum absolute atomic E-state index is 4.64. The molecule has 4 nitrogen and oxygen atoms in total. The third-order valence-electron chi connectivity index (χ3n) is 3.73. The Hall–Kier alpha value is -0.890. The Kier molecular flexibility index (Phi) is 11.0. The molecule has 0 aliphatic heterocycles. The minimum absolute atomic E-state index is 0. The maximum Gasteiger partial charge on any atom is 0.191 e. The largest absolute Gasteiger partial charge is 0.361 e. The number of fused-ring (bicyclic) bond motifs is 1. The lowest BCUT2D eigenvalue weighted by Crippen LogP contribution is -2.38. The van der Waals surface area contributed by atoms with Gasteiger partial charge in [0.25, 0.3) is 0 Å². The summed E-state index contributed by atoms with van der Waals surface area (Å²) in [4.78, 5) is 7.97. The Morgan fingerprint density at radius 1 is 1.21 bits per heavy atom. The number of rotatable bonds is 9. The van der Waals surface area contributed by atoms with Crippen LogP contribution in [0.5, 0.6) is 0 Å². The van der Waals surface area contributed by atoms with E-state index >= 15 is 0 Å². The van der Waals surface area contributed by atoms with Crippen molar-refractivity contribution >= 4 is 52.6 Å². The molecule has 0 unspecified atom stereocenters. The van der Waals surface area contributed by atoms with Crippen LogP contribution in [0.15, 0.2) is 35.5 Å². The molecule has 3 N–H and O–H groups in total. The van der Waals surface area contributed by atoms with Gasteiger partial charge >= 0.3 is 0 Å². The van der Waals surface area contributed by atoms with Gasteiger partial charge in [-0.25, -0.2) is 0 Å². The SMILES string of the molecule is CCNC(=NCCCCSC)NCCc1c[nH]c2ccccc12.I. The van der Waals surface area contributed by atoms with Gasteiger partial charge in [-0.3, -0.25) is 4.99 Å². The monoisotopic (exact) mass is 460 g/mol. The highest BCUT2D eigenvalue weighted by atomic mass is 127. The zero-order valence-electron chi connectivity index (χ0n) is 14.6. The van der Waals surface area contributed by atoms with Gasteiger partial charge in [0.15, 0.2) is 5.96 Å². The van der Waals surface area contributed by atoms with Crippen molar-refractivity contribution in [2.75, 3.05) is 31.6 Å². The van der Waals surface area contributed by atoms with Gasteiger partial charge in [0.2, 0.25) is 0 Å². The quantitative estimate of drug-likeness (QED) is 0.229. The highest BCUT2D eigenvalue weighted by Gasteiger charge is 2.03. The molecule has 0 atom stereocenters. The van der Waals surface area contributed by atoms with E-state index in [0.717, 1.165) is 38.4 Å². The number of para-hydroxylation sites is 1. The van der Waals surface area contributed by atoms with E-state index in [1.54, 1.807) is 0 Å². The predicted molar refractivity (Wildman–Crippen MR) is 119 cm³/mol. The molecule has 0 amide bonds. The van der Waals surface area contributed by atoms with E-state index < -0.39 is 0 Å². The number of aromatic nitrogens is 1. The summed E-state index contributed by atoms with van der Waals surface area (Å²) in [5, 5.41) is 8.06. The van der Waals surface area contributed by atoms with E-state index in [2.05, 4.69) is 64.3 Å². The molecule has 2 aromatic rings. The molecule has 0 fully saturated rings. The zero-order valence-corrected chi connectivity index (χ0v) is 17.7. The van der Waals surface area contributed by atoms with Crippen molar-refractivity contribution in [1.82, 2.24) is 15.6 Å². The van der Waals surface area contributed by atoms with Crippen molar-refractivity contribution < 1.29 is 0 Å². The van der Waals surface area contributed by atoms with Gasteiger partial charge in [0.1, 0.15) is 0 Å². The van der Waals surface area contributed by atoms with E-state index in [9.17, 15) is 0 Å². The molecule has 1 aromatic heterocycles. The number of hydrogen-bond donors (Lipinski definition) is 3. The van der Waals surface area contributed by atoms with Gasteiger partial charge in [0.05, 0.1) is 0 Å². The van der Waals surface area contributed by atoms with Gasteiger partial charge < -0.3 is 15.6 Å². The number of aliphatic imine (C=N–C) groups is 1. The number of unbranched alkanes of at least 4 members (excludes halogenated alkanes) is 1. The summed E-state index contributed by atoms with van der Waals surface area (Å²) < 4.78 is 0. The average Bonchev–Trinajstić information content (AvgIpc) is 2.98. The topological polar surface area (TPSA) is 52.2 Å². The van der Waals surface area contributed by atoms with Crippen molar-refractivity contribution in [2.45, 2.75) is 26.2 Å². The van der Waals surface area contributed by atoms with Crippen LogP contribution in [0, 0.1) is 0 Å². The van der Waals surface area contributed by atoms with Gasteiger partial charge in [-0.2, -0.15) is 11.8 Å². The van der Waals surface area contributed by atoms with E-state index in [1.165, 1.54) is 28.6 Å². The van der Waals surface area contributed by atoms with Crippen LogP contribution in [0.4, 0.5) is 0 Å². The Labute approximate surface area is 166 Å². The molecule has 0 radical (unpaired) electrons. The normalized spacial score (nSPS) is 11.3. The van der Waals surface area contributed by atoms with Gasteiger partial charge in [-0.05, 0) is 49.8 Å². The molecule has 0 spiro atoms. The Morgan fingerprint density at radius 3 is 2.83 bits per heavy atom. The second-order valence-corrected chi connectivity index (χ2v) is 6.48. The number of guanidine groups is 1. The molecule has 1 aromatic carbocycles. The van der Waals surface area contributed by atoms with Crippen LogP contribution < -0.4 is 10.6 Å². The molecule has 0 saturated carbocycles. The molecule has 0 aliphatic carbocycles. The van der Waals surface area contributed by atoms with Crippen LogP contribution in [0.3, 0.4) is 0 Å². The first-order valence-electron chi connectivity index (χ1n) is 8.41. The maximum atomic E-state index is 4.64. The van der Waals surface area contributed by atoms with Crippen LogP contribution in [-0.4, -0.2) is 42.6 Å². The smallest absolute Gasteiger partial charge is 0.191 e. The van der Waals surface area contributed by atoms with Crippen molar-refractivity contribution in [1.29, 1.82) is 0 Å². The third-order valence-corrected chi connectivity index (χ3v) is 4.43. The summed E-state index contributed by atoms with van der Waals surface area (Å²) in [5.74, 6) is 2.15. The Morgan fingerprint density at radius 2 is 2.04 bits per heavy atom. The number of nitrogens with one attached hydrogen (secondary N) is 3. The number of thioether (sulfide) groups is 1. The average molecular weight is 460 g/mol. The molecule has 134 valence electrons. The van der Waals surface area contributed by atoms with E-state index in [4.69, 9.17) is 0 Å². The van der Waals surface area contributed by atoms with Crippen molar-refractivity contribution in [3.8, 4) is 0 Å². The summed E-state index contributed by atoms with van der Waals surface area (Å²) in [5.41, 5.74) is 2.56. The fourth-order valence-electron chi connectivity index (χ4n) is 2.54. The highest BCUT2D eigenvalue weighted by Crippen LogP contribution is 2.17. The van der Waals surface area contributed by atoms with Gasteiger partial charge in [-0.1, -0.05) is 18.2 Å². The summed E-state index contributed by atoms with van der Waals surface area (Å²) >= 11 is 1.90. The second kappa shape index (κ2) is 12.5. The van der Waals surface area contributed by atoms with E-state index in [1.807, 2.05) is 11.8 Å². The number of halogens is 1. The van der Waals surface area contributed by atoms with Gasteiger partial charge in [-0.15, -0.1) is 24.0 Å². The van der Waals surface area contributed by atoms with Crippen molar-refractivity contribution in [2.24, 2.45) is 4.99 Å². The molecule has 24 heavy (non-hydrogen) atoms.